The number of benzene rings is 1. The topological polar surface area (TPSA) is 66.0 Å². The van der Waals surface area contributed by atoms with Crippen molar-refractivity contribution in [2.45, 2.75) is 25.4 Å². The maximum Gasteiger partial charge on any atom is 0.242 e. The molecular weight excluding hydrogens is 283 g/mol. The van der Waals surface area contributed by atoms with Gasteiger partial charge in [-0.05, 0) is 54.8 Å². The molecule has 2 aromatic rings. The van der Waals surface area contributed by atoms with Gasteiger partial charge in [-0.25, -0.2) is 15.2 Å². The van der Waals surface area contributed by atoms with Crippen LogP contribution in [-0.4, -0.2) is 16.9 Å². The first-order valence-electron chi connectivity index (χ1n) is 7.11. The molecule has 1 aromatic carbocycles. The van der Waals surface area contributed by atoms with Gasteiger partial charge in [-0.15, -0.1) is 0 Å². The van der Waals surface area contributed by atoms with E-state index >= 15 is 0 Å². The number of hydrazine groups is 1. The molecule has 2 heterocycles. The second kappa shape index (κ2) is 6.21. The largest absolute Gasteiger partial charge is 0.324 e. The van der Waals surface area contributed by atoms with Crippen molar-refractivity contribution in [3.05, 3.63) is 59.7 Å². The highest BCUT2D eigenvalue weighted by atomic mass is 19.1. The zero-order valence-electron chi connectivity index (χ0n) is 12.1. The molecule has 0 saturated carbocycles. The van der Waals surface area contributed by atoms with E-state index < -0.39 is 0 Å². The molecule has 1 amide bonds. The summed E-state index contributed by atoms with van der Waals surface area (Å²) < 4.78 is 13.1. The molecule has 0 radical (unpaired) electrons. The van der Waals surface area contributed by atoms with Crippen molar-refractivity contribution >= 4 is 11.6 Å². The summed E-state index contributed by atoms with van der Waals surface area (Å²) >= 11 is 0. The summed E-state index contributed by atoms with van der Waals surface area (Å²) in [6.45, 7) is 1.76. The summed E-state index contributed by atoms with van der Waals surface area (Å²) in [5, 5.41) is 2.83. The predicted molar refractivity (Wildman–Crippen MR) is 81.4 cm³/mol. The van der Waals surface area contributed by atoms with Gasteiger partial charge < -0.3 is 5.32 Å². The number of carbonyl (C=O) groups excluding carboxylic acids is 1. The fourth-order valence-electron chi connectivity index (χ4n) is 2.53. The number of hydrogen-bond acceptors (Lipinski definition) is 4. The molecule has 6 heteroatoms. The molecule has 1 aliphatic heterocycles. The zero-order valence-corrected chi connectivity index (χ0v) is 12.1. The smallest absolute Gasteiger partial charge is 0.242 e. The average Bonchev–Trinajstić information content (AvgIpc) is 3.01. The number of rotatable bonds is 3. The maximum atomic E-state index is 13.1. The van der Waals surface area contributed by atoms with E-state index in [-0.39, 0.29) is 23.8 Å². The van der Waals surface area contributed by atoms with Crippen LogP contribution in [0.4, 0.5) is 10.1 Å². The normalized spacial score (nSPS) is 20.8. The number of carbonyl (C=O) groups is 1. The van der Waals surface area contributed by atoms with E-state index in [2.05, 4.69) is 21.2 Å². The van der Waals surface area contributed by atoms with E-state index in [9.17, 15) is 9.18 Å². The Morgan fingerprint density at radius 3 is 2.77 bits per heavy atom. The van der Waals surface area contributed by atoms with Gasteiger partial charge in [0.05, 0.1) is 0 Å². The lowest BCUT2D eigenvalue weighted by Crippen LogP contribution is -2.39. The summed E-state index contributed by atoms with van der Waals surface area (Å²) in [4.78, 5) is 16.3. The van der Waals surface area contributed by atoms with Gasteiger partial charge in [-0.3, -0.25) is 9.78 Å². The van der Waals surface area contributed by atoms with E-state index in [0.29, 0.717) is 17.7 Å². The third kappa shape index (κ3) is 3.13. The van der Waals surface area contributed by atoms with Crippen LogP contribution >= 0.6 is 0 Å². The second-order valence-corrected chi connectivity index (χ2v) is 5.36. The Morgan fingerprint density at radius 2 is 2.05 bits per heavy atom. The van der Waals surface area contributed by atoms with E-state index in [4.69, 9.17) is 0 Å². The lowest BCUT2D eigenvalue weighted by molar-refractivity contribution is -0.117. The zero-order chi connectivity index (χ0) is 15.5. The van der Waals surface area contributed by atoms with Gasteiger partial charge in [0.25, 0.3) is 0 Å². The van der Waals surface area contributed by atoms with Gasteiger partial charge in [0, 0.05) is 24.1 Å². The minimum Gasteiger partial charge on any atom is -0.324 e. The monoisotopic (exact) mass is 300 g/mol. The molecule has 1 aromatic heterocycles. The summed E-state index contributed by atoms with van der Waals surface area (Å²) in [7, 11) is 0. The third-order valence-corrected chi connectivity index (χ3v) is 3.77. The third-order valence-electron chi connectivity index (χ3n) is 3.77. The van der Waals surface area contributed by atoms with Gasteiger partial charge in [-0.1, -0.05) is 0 Å². The van der Waals surface area contributed by atoms with Crippen molar-refractivity contribution in [1.82, 2.24) is 15.8 Å². The predicted octanol–water partition coefficient (Wildman–Crippen LogP) is 2.08. The van der Waals surface area contributed by atoms with Crippen molar-refractivity contribution < 1.29 is 9.18 Å². The number of pyridine rings is 1. The molecule has 1 aliphatic rings. The molecule has 3 N–H and O–H groups in total. The number of nitrogens with one attached hydrogen (secondary N) is 3. The van der Waals surface area contributed by atoms with Crippen molar-refractivity contribution in [3.8, 4) is 0 Å². The van der Waals surface area contributed by atoms with Crippen LogP contribution in [0, 0.1) is 12.7 Å². The highest BCUT2D eigenvalue weighted by Gasteiger charge is 2.30. The molecule has 0 bridgehead atoms. The van der Waals surface area contributed by atoms with Crippen molar-refractivity contribution in [1.29, 1.82) is 0 Å². The Hall–Kier alpha value is -2.31. The maximum absolute atomic E-state index is 13.1. The van der Waals surface area contributed by atoms with Crippen molar-refractivity contribution in [3.63, 3.8) is 0 Å². The first-order chi connectivity index (χ1) is 10.6. The average molecular weight is 300 g/mol. The standard InChI is InChI=1S/C16H17FN4O/c1-10-8-12(17)2-3-13(10)19-16(22)15-9-14(20-21-15)11-4-6-18-7-5-11/h2-8,14-15,20-21H,9H2,1H3,(H,19,22). The Bertz CT molecular complexity index is 677. The second-order valence-electron chi connectivity index (χ2n) is 5.36. The van der Waals surface area contributed by atoms with Crippen LogP contribution in [0.3, 0.4) is 0 Å². The van der Waals surface area contributed by atoms with Crippen LogP contribution < -0.4 is 16.2 Å². The van der Waals surface area contributed by atoms with E-state index in [0.717, 1.165) is 5.56 Å². The van der Waals surface area contributed by atoms with Gasteiger partial charge in [0.1, 0.15) is 11.9 Å². The van der Waals surface area contributed by atoms with Crippen LogP contribution in [-0.2, 0) is 4.79 Å². The molecular formula is C16H17FN4O. The summed E-state index contributed by atoms with van der Waals surface area (Å²) in [5.74, 6) is -0.451. The van der Waals surface area contributed by atoms with Crippen LogP contribution in [0.25, 0.3) is 0 Å². The van der Waals surface area contributed by atoms with Crippen LogP contribution in [0.5, 0.6) is 0 Å². The van der Waals surface area contributed by atoms with Crippen molar-refractivity contribution in [2.75, 3.05) is 5.32 Å². The first kappa shape index (κ1) is 14.6. The SMILES string of the molecule is Cc1cc(F)ccc1NC(=O)C1CC(c2ccncc2)NN1. The van der Waals surface area contributed by atoms with Crippen molar-refractivity contribution in [2.24, 2.45) is 0 Å². The van der Waals surface area contributed by atoms with Gasteiger partial charge in [0.15, 0.2) is 0 Å². The molecule has 1 saturated heterocycles. The van der Waals surface area contributed by atoms with E-state index in [1.165, 1.54) is 12.1 Å². The van der Waals surface area contributed by atoms with E-state index in [1.54, 1.807) is 25.4 Å². The summed E-state index contributed by atoms with van der Waals surface area (Å²) in [5.41, 5.74) is 8.52. The van der Waals surface area contributed by atoms with Crippen LogP contribution in [0.15, 0.2) is 42.7 Å². The summed E-state index contributed by atoms with van der Waals surface area (Å²) in [6, 6.07) is 7.87. The lowest BCUT2D eigenvalue weighted by Gasteiger charge is -2.12. The molecule has 2 unspecified atom stereocenters. The number of amides is 1. The minimum atomic E-state index is -0.345. The fourth-order valence-corrected chi connectivity index (χ4v) is 2.53. The number of anilines is 1. The quantitative estimate of drug-likeness (QED) is 0.812. The highest BCUT2D eigenvalue weighted by Crippen LogP contribution is 2.23. The molecule has 22 heavy (non-hydrogen) atoms. The number of aryl methyl sites for hydroxylation is 1. The lowest BCUT2D eigenvalue weighted by atomic mass is 10.0. The highest BCUT2D eigenvalue weighted by molar-refractivity contribution is 5.95. The Labute approximate surface area is 127 Å². The first-order valence-corrected chi connectivity index (χ1v) is 7.11. The fraction of sp³-hybridized carbons (Fsp3) is 0.250. The van der Waals surface area contributed by atoms with Crippen LogP contribution in [0.1, 0.15) is 23.6 Å². The summed E-state index contributed by atoms with van der Waals surface area (Å²) in [6.07, 6.45) is 4.09. The molecule has 2 atom stereocenters. The molecule has 114 valence electrons. The molecule has 3 rings (SSSR count). The Morgan fingerprint density at radius 1 is 1.27 bits per heavy atom. The molecule has 0 spiro atoms. The minimum absolute atomic E-state index is 0.0630. The number of hydrogen-bond donors (Lipinski definition) is 3. The molecule has 0 aliphatic carbocycles. The Kier molecular flexibility index (Phi) is 4.13. The number of halogens is 1. The van der Waals surface area contributed by atoms with Gasteiger partial charge in [-0.2, -0.15) is 0 Å². The van der Waals surface area contributed by atoms with Gasteiger partial charge >= 0.3 is 0 Å². The molecule has 1 fully saturated rings. The molecule has 5 nitrogen and oxygen atoms in total. The van der Waals surface area contributed by atoms with Crippen LogP contribution in [0.2, 0.25) is 0 Å². The number of nitrogens with zero attached hydrogens (tertiary/aromatic N) is 1. The Balaban J connectivity index is 1.64. The van der Waals surface area contributed by atoms with Gasteiger partial charge in [0.2, 0.25) is 5.91 Å². The van der Waals surface area contributed by atoms with E-state index in [1.807, 2.05) is 12.1 Å². The number of aromatic nitrogens is 1.